The van der Waals surface area contributed by atoms with Gasteiger partial charge in [0.25, 0.3) is 5.01 Å². The SMILES string of the molecule is COc1ccc2c(c1)N(CCO)C(=CC=Cc1sc3cc(OCC[18F])ccc3[n+]1CCOCCOCCO)S2. The molecule has 2 heterocycles. The minimum Gasteiger partial charge on any atom is -0.497 e. The van der Waals surface area contributed by atoms with Crippen molar-refractivity contribution in [3.63, 3.8) is 0 Å². The first-order valence-corrected chi connectivity index (χ1v) is 14.4. The van der Waals surface area contributed by atoms with Crippen molar-refractivity contribution >= 4 is 45.1 Å². The van der Waals surface area contributed by atoms with E-state index in [2.05, 4.69) is 15.5 Å². The summed E-state index contributed by atoms with van der Waals surface area (Å²) in [5, 5.41) is 20.5. The number of benzene rings is 2. The van der Waals surface area contributed by atoms with Crippen LogP contribution in [-0.4, -0.2) is 76.8 Å². The van der Waals surface area contributed by atoms with Gasteiger partial charge >= 0.3 is 0 Å². The Kier molecular flexibility index (Phi) is 11.4. The fraction of sp³-hybridized carbons (Fsp3) is 0.393. The number of alkyl halides is 1. The van der Waals surface area contributed by atoms with Crippen molar-refractivity contribution in [3.05, 3.63) is 58.6 Å². The molecular weight excluding hydrogens is 542 g/mol. The molecule has 4 rings (SSSR count). The number of hydrogen-bond acceptors (Lipinski definition) is 9. The zero-order chi connectivity index (χ0) is 27.5. The molecule has 39 heavy (non-hydrogen) atoms. The van der Waals surface area contributed by atoms with Crippen LogP contribution in [0.3, 0.4) is 0 Å². The zero-order valence-corrected chi connectivity index (χ0v) is 23.5. The molecule has 0 bridgehead atoms. The molecule has 0 amide bonds. The molecule has 0 radical (unpaired) electrons. The van der Waals surface area contributed by atoms with E-state index in [0.717, 1.165) is 36.6 Å². The van der Waals surface area contributed by atoms with Crippen LogP contribution in [0.25, 0.3) is 16.3 Å². The minimum absolute atomic E-state index is 0.00379. The maximum absolute atomic E-state index is 12.6. The van der Waals surface area contributed by atoms with E-state index in [1.165, 1.54) is 0 Å². The molecule has 0 saturated heterocycles. The maximum Gasteiger partial charge on any atom is 0.262 e. The summed E-state index contributed by atoms with van der Waals surface area (Å²) in [7, 11) is 1.65. The number of nitrogens with zero attached hydrogens (tertiary/aromatic N) is 2. The number of allylic oxidation sites excluding steroid dienone is 2. The van der Waals surface area contributed by atoms with Crippen LogP contribution in [0.5, 0.6) is 11.5 Å². The van der Waals surface area contributed by atoms with Gasteiger partial charge in [0.15, 0.2) is 6.54 Å². The summed E-state index contributed by atoms with van der Waals surface area (Å²) in [6, 6.07) is 11.7. The number of ether oxygens (including phenoxy) is 4. The van der Waals surface area contributed by atoms with Gasteiger partial charge in [0, 0.05) is 35.7 Å². The fourth-order valence-corrected chi connectivity index (χ4v) is 6.32. The van der Waals surface area contributed by atoms with Gasteiger partial charge in [0.2, 0.25) is 5.52 Å². The van der Waals surface area contributed by atoms with E-state index >= 15 is 0 Å². The molecule has 1 aliphatic heterocycles. The lowest BCUT2D eigenvalue weighted by Gasteiger charge is -2.19. The maximum atomic E-state index is 12.6. The predicted octanol–water partition coefficient (Wildman–Crippen LogP) is 4.03. The van der Waals surface area contributed by atoms with Crippen LogP contribution in [0.2, 0.25) is 0 Å². The van der Waals surface area contributed by atoms with Crippen LogP contribution >= 0.6 is 23.1 Å². The average Bonchev–Trinajstić information content (AvgIpc) is 3.48. The Morgan fingerprint density at radius 3 is 2.56 bits per heavy atom. The van der Waals surface area contributed by atoms with Gasteiger partial charge in [-0.05, 0) is 24.3 Å². The van der Waals surface area contributed by atoms with Gasteiger partial charge < -0.3 is 34.1 Å². The molecular formula is C28H34FN2O6S2+. The van der Waals surface area contributed by atoms with Crippen molar-refractivity contribution in [2.24, 2.45) is 0 Å². The number of fused-ring (bicyclic) bond motifs is 2. The molecule has 0 unspecified atom stereocenters. The smallest absolute Gasteiger partial charge is 0.262 e. The predicted molar refractivity (Wildman–Crippen MR) is 153 cm³/mol. The highest BCUT2D eigenvalue weighted by Crippen LogP contribution is 2.47. The number of β-amino-alcohol motifs (C(OH)–C–C–N with tert-alkyl or cyclic N) is 1. The summed E-state index contributed by atoms with van der Waals surface area (Å²) in [5.74, 6) is 1.41. The third-order valence-electron chi connectivity index (χ3n) is 5.85. The van der Waals surface area contributed by atoms with Crippen molar-refractivity contribution < 1.29 is 38.1 Å². The first-order valence-electron chi connectivity index (χ1n) is 12.7. The van der Waals surface area contributed by atoms with Gasteiger partial charge in [0.05, 0.1) is 50.9 Å². The number of thioether (sulfide) groups is 1. The first kappa shape index (κ1) is 29.3. The van der Waals surface area contributed by atoms with Crippen LogP contribution in [0.15, 0.2) is 58.5 Å². The van der Waals surface area contributed by atoms with Gasteiger partial charge in [-0.25, -0.2) is 4.39 Å². The van der Waals surface area contributed by atoms with Gasteiger partial charge in [-0.2, -0.15) is 4.57 Å². The van der Waals surface area contributed by atoms with E-state index in [1.807, 2.05) is 48.6 Å². The van der Waals surface area contributed by atoms with Crippen molar-refractivity contribution in [2.75, 3.05) is 71.5 Å². The Bertz CT molecular complexity index is 1280. The number of thiazole rings is 1. The number of methoxy groups -OCH3 is 1. The summed E-state index contributed by atoms with van der Waals surface area (Å²) < 4.78 is 37.7. The summed E-state index contributed by atoms with van der Waals surface area (Å²) in [6.45, 7) is 2.32. The highest BCUT2D eigenvalue weighted by Gasteiger charge is 2.25. The molecule has 0 saturated carbocycles. The molecule has 11 heteroatoms. The lowest BCUT2D eigenvalue weighted by molar-refractivity contribution is -0.670. The lowest BCUT2D eigenvalue weighted by atomic mass is 10.2. The van der Waals surface area contributed by atoms with E-state index in [1.54, 1.807) is 30.2 Å². The molecule has 8 nitrogen and oxygen atoms in total. The van der Waals surface area contributed by atoms with Crippen LogP contribution in [0, 0.1) is 0 Å². The van der Waals surface area contributed by atoms with Crippen molar-refractivity contribution in [3.8, 4) is 11.5 Å². The fourth-order valence-electron chi connectivity index (χ4n) is 4.10. The van der Waals surface area contributed by atoms with Gasteiger partial charge in [-0.1, -0.05) is 29.2 Å². The van der Waals surface area contributed by atoms with E-state index in [9.17, 15) is 9.50 Å². The van der Waals surface area contributed by atoms with Crippen molar-refractivity contribution in [2.45, 2.75) is 11.4 Å². The molecule has 1 aliphatic rings. The average molecular weight is 577 g/mol. The molecule has 0 aliphatic carbocycles. The Morgan fingerprint density at radius 1 is 0.974 bits per heavy atom. The standard InChI is InChI=1S/C28H34FN2O6S2/c1-34-21-6-8-25-24(19-21)30(10-12-32)27(38-25)3-2-4-28-31(11-15-35-17-18-36-16-13-33)23-7-5-22(37-14-9-29)20-26(23)39-28/h2-8,19-20,32-33H,9-18H2,1H3/q+1/i29-1. The largest absolute Gasteiger partial charge is 0.497 e. The number of aromatic nitrogens is 1. The number of anilines is 1. The van der Waals surface area contributed by atoms with Crippen LogP contribution in [-0.2, 0) is 16.0 Å². The van der Waals surface area contributed by atoms with Gasteiger partial charge in [-0.15, -0.1) is 0 Å². The second-order valence-corrected chi connectivity index (χ2v) is 10.5. The molecule has 1 aromatic heterocycles. The number of rotatable bonds is 16. The quantitative estimate of drug-likeness (QED) is 0.195. The van der Waals surface area contributed by atoms with E-state index < -0.39 is 6.67 Å². The Balaban J connectivity index is 1.54. The third kappa shape index (κ3) is 7.71. The second-order valence-electron chi connectivity index (χ2n) is 8.38. The lowest BCUT2D eigenvalue weighted by Crippen LogP contribution is -2.37. The number of halogens is 1. The number of aliphatic hydroxyl groups is 2. The van der Waals surface area contributed by atoms with E-state index in [4.69, 9.17) is 24.1 Å². The molecule has 210 valence electrons. The normalized spacial score (nSPS) is 14.2. The Labute approximate surface area is 235 Å². The van der Waals surface area contributed by atoms with Crippen molar-refractivity contribution in [1.29, 1.82) is 0 Å². The van der Waals surface area contributed by atoms with Crippen LogP contribution in [0.1, 0.15) is 5.01 Å². The number of aliphatic hydroxyl groups excluding tert-OH is 2. The number of hydrogen-bond donors (Lipinski definition) is 2. The Morgan fingerprint density at radius 2 is 1.79 bits per heavy atom. The first-order chi connectivity index (χ1) is 19.2. The van der Waals surface area contributed by atoms with E-state index in [0.29, 0.717) is 45.3 Å². The summed E-state index contributed by atoms with van der Waals surface area (Å²) in [5.41, 5.74) is 2.06. The van der Waals surface area contributed by atoms with E-state index in [-0.39, 0.29) is 19.8 Å². The summed E-state index contributed by atoms with van der Waals surface area (Å²) in [6.07, 6.45) is 6.12. The monoisotopic (exact) mass is 576 g/mol. The minimum atomic E-state index is -0.535. The highest BCUT2D eigenvalue weighted by molar-refractivity contribution is 8.03. The molecule has 0 spiro atoms. The molecule has 0 fully saturated rings. The summed E-state index contributed by atoms with van der Waals surface area (Å²) >= 11 is 3.27. The molecule has 0 atom stereocenters. The molecule has 2 aromatic carbocycles. The van der Waals surface area contributed by atoms with Crippen LogP contribution in [0.4, 0.5) is 10.1 Å². The highest BCUT2D eigenvalue weighted by atomic mass is 32.2. The van der Waals surface area contributed by atoms with Gasteiger partial charge in [0.1, 0.15) is 36.1 Å². The topological polar surface area (TPSA) is 84.5 Å². The Hall–Kier alpha value is -2.67. The molecule has 2 N–H and O–H groups in total. The van der Waals surface area contributed by atoms with Crippen LogP contribution < -0.4 is 18.9 Å². The molecule has 3 aromatic rings. The third-order valence-corrected chi connectivity index (χ3v) is 8.10. The summed E-state index contributed by atoms with van der Waals surface area (Å²) in [4.78, 5) is 3.20. The zero-order valence-electron chi connectivity index (χ0n) is 21.9. The van der Waals surface area contributed by atoms with Gasteiger partial charge in [-0.3, -0.25) is 0 Å². The second kappa shape index (κ2) is 15.2. The van der Waals surface area contributed by atoms with Crippen molar-refractivity contribution in [1.82, 2.24) is 0 Å².